The second kappa shape index (κ2) is 5.72. The Morgan fingerprint density at radius 1 is 1.57 bits per heavy atom. The standard InChI is InChI=1S/C3H6O3.ClH/c4-2-1-3(5)6;/h4H,1-2H2,(H,5,6);1H. The highest BCUT2D eigenvalue weighted by atomic mass is 35.5. The maximum absolute atomic E-state index is 9.44. The van der Waals surface area contributed by atoms with E-state index >= 15 is 0 Å². The van der Waals surface area contributed by atoms with Crippen LogP contribution in [-0.2, 0) is 4.79 Å². The summed E-state index contributed by atoms with van der Waals surface area (Å²) in [5.41, 5.74) is 0. The van der Waals surface area contributed by atoms with Crippen molar-refractivity contribution in [2.75, 3.05) is 6.61 Å². The van der Waals surface area contributed by atoms with Crippen molar-refractivity contribution >= 4 is 18.4 Å². The third kappa shape index (κ3) is 10.7. The fraction of sp³-hybridized carbons (Fsp3) is 0.667. The largest absolute Gasteiger partial charge is 0.481 e. The van der Waals surface area contributed by atoms with Gasteiger partial charge in [-0.05, 0) is 0 Å². The number of aliphatic carboxylic acids is 1. The summed E-state index contributed by atoms with van der Waals surface area (Å²) in [6.07, 6.45) is -0.153. The van der Waals surface area contributed by atoms with Crippen molar-refractivity contribution < 1.29 is 15.0 Å². The topological polar surface area (TPSA) is 57.5 Å². The van der Waals surface area contributed by atoms with E-state index in [0.29, 0.717) is 0 Å². The highest BCUT2D eigenvalue weighted by molar-refractivity contribution is 5.85. The zero-order valence-electron chi connectivity index (χ0n) is 3.63. The monoisotopic (exact) mass is 126 g/mol. The maximum atomic E-state index is 9.44. The molecule has 0 aromatic heterocycles. The summed E-state index contributed by atoms with van der Waals surface area (Å²) in [5.74, 6) is -0.961. The van der Waals surface area contributed by atoms with Gasteiger partial charge in [-0.25, -0.2) is 0 Å². The number of halogens is 1. The lowest BCUT2D eigenvalue weighted by atomic mass is 10.5. The van der Waals surface area contributed by atoms with Crippen molar-refractivity contribution in [3.63, 3.8) is 0 Å². The zero-order valence-corrected chi connectivity index (χ0v) is 4.44. The van der Waals surface area contributed by atoms with E-state index in [9.17, 15) is 4.79 Å². The lowest BCUT2D eigenvalue weighted by molar-refractivity contribution is -0.137. The van der Waals surface area contributed by atoms with E-state index < -0.39 is 5.97 Å². The molecule has 0 unspecified atom stereocenters. The van der Waals surface area contributed by atoms with E-state index in [1.54, 1.807) is 0 Å². The van der Waals surface area contributed by atoms with Crippen LogP contribution in [0.25, 0.3) is 0 Å². The number of rotatable bonds is 2. The molecule has 0 bridgehead atoms. The molecule has 0 rings (SSSR count). The summed E-state index contributed by atoms with van der Waals surface area (Å²) in [5, 5.41) is 15.6. The van der Waals surface area contributed by atoms with Gasteiger partial charge in [0.25, 0.3) is 0 Å². The van der Waals surface area contributed by atoms with Crippen LogP contribution in [0.2, 0.25) is 0 Å². The average Bonchev–Trinajstić information content (AvgIpc) is 1.35. The normalized spacial score (nSPS) is 7.00. The minimum atomic E-state index is -0.961. The van der Waals surface area contributed by atoms with Crippen LogP contribution in [0.15, 0.2) is 0 Å². The number of aliphatic hydroxyl groups is 1. The summed E-state index contributed by atoms with van der Waals surface area (Å²) in [4.78, 5) is 9.44. The highest BCUT2D eigenvalue weighted by Crippen LogP contribution is 1.70. The first kappa shape index (κ1) is 9.87. The van der Waals surface area contributed by atoms with Gasteiger partial charge in [0.1, 0.15) is 0 Å². The number of carbonyl (C=O) groups is 1. The Bertz CT molecular complexity index is 54.1. The van der Waals surface area contributed by atoms with Crippen molar-refractivity contribution in [1.29, 1.82) is 0 Å². The molecular weight excluding hydrogens is 119 g/mol. The molecule has 0 aliphatic rings. The van der Waals surface area contributed by atoms with E-state index in [1.165, 1.54) is 0 Å². The molecule has 0 atom stereocenters. The van der Waals surface area contributed by atoms with Gasteiger partial charge in [-0.15, -0.1) is 12.4 Å². The molecule has 0 aromatic carbocycles. The number of hydrogen-bond acceptors (Lipinski definition) is 2. The smallest absolute Gasteiger partial charge is 0.305 e. The van der Waals surface area contributed by atoms with E-state index in [0.717, 1.165) is 0 Å². The molecule has 0 heterocycles. The minimum Gasteiger partial charge on any atom is -0.481 e. The van der Waals surface area contributed by atoms with Crippen molar-refractivity contribution in [3.05, 3.63) is 0 Å². The Morgan fingerprint density at radius 3 is 2.00 bits per heavy atom. The van der Waals surface area contributed by atoms with E-state index in [2.05, 4.69) is 0 Å². The van der Waals surface area contributed by atoms with Gasteiger partial charge >= 0.3 is 5.97 Å². The third-order valence-corrected chi connectivity index (χ3v) is 0.326. The quantitative estimate of drug-likeness (QED) is 0.542. The molecular formula is C3H7ClO3. The van der Waals surface area contributed by atoms with Crippen LogP contribution in [-0.4, -0.2) is 22.8 Å². The molecule has 44 valence electrons. The predicted molar refractivity (Wildman–Crippen MR) is 26.6 cm³/mol. The van der Waals surface area contributed by atoms with Gasteiger partial charge in [0.15, 0.2) is 0 Å². The van der Waals surface area contributed by atoms with Crippen LogP contribution < -0.4 is 0 Å². The van der Waals surface area contributed by atoms with E-state index in [4.69, 9.17) is 10.2 Å². The summed E-state index contributed by atoms with van der Waals surface area (Å²) in [6.45, 7) is -0.269. The van der Waals surface area contributed by atoms with Gasteiger partial charge in [-0.1, -0.05) is 0 Å². The molecule has 0 saturated heterocycles. The fourth-order valence-corrected chi connectivity index (χ4v) is 0.0956. The summed E-state index contributed by atoms with van der Waals surface area (Å²) in [7, 11) is 0. The molecule has 3 nitrogen and oxygen atoms in total. The maximum Gasteiger partial charge on any atom is 0.305 e. The lowest BCUT2D eigenvalue weighted by Crippen LogP contribution is -1.96. The van der Waals surface area contributed by atoms with Gasteiger partial charge in [0.2, 0.25) is 0 Å². The summed E-state index contributed by atoms with van der Waals surface area (Å²) >= 11 is 0. The predicted octanol–water partition coefficient (Wildman–Crippen LogP) is -0.125. The van der Waals surface area contributed by atoms with Crippen molar-refractivity contribution in [3.8, 4) is 0 Å². The number of hydrogen-bond donors (Lipinski definition) is 2. The highest BCUT2D eigenvalue weighted by Gasteiger charge is 1.88. The van der Waals surface area contributed by atoms with Gasteiger partial charge in [0, 0.05) is 0 Å². The molecule has 4 heteroatoms. The second-order valence-electron chi connectivity index (χ2n) is 0.867. The van der Waals surface area contributed by atoms with Gasteiger partial charge in [-0.3, -0.25) is 4.79 Å². The van der Waals surface area contributed by atoms with Crippen LogP contribution in [0.5, 0.6) is 0 Å². The number of carboxylic acids is 1. The number of aliphatic hydroxyl groups excluding tert-OH is 1. The van der Waals surface area contributed by atoms with E-state index in [-0.39, 0.29) is 25.4 Å². The molecule has 0 radical (unpaired) electrons. The van der Waals surface area contributed by atoms with E-state index in [1.807, 2.05) is 0 Å². The molecule has 0 fully saturated rings. The van der Waals surface area contributed by atoms with Crippen LogP contribution in [0, 0.1) is 0 Å². The fourth-order valence-electron chi connectivity index (χ4n) is 0.0956. The first-order chi connectivity index (χ1) is 2.77. The van der Waals surface area contributed by atoms with Gasteiger partial charge in [-0.2, -0.15) is 0 Å². The molecule has 7 heavy (non-hydrogen) atoms. The molecule has 2 N–H and O–H groups in total. The molecule has 0 aliphatic heterocycles. The van der Waals surface area contributed by atoms with Crippen LogP contribution in [0.1, 0.15) is 6.42 Å². The van der Waals surface area contributed by atoms with Crippen molar-refractivity contribution in [1.82, 2.24) is 0 Å². The first-order valence-corrected chi connectivity index (χ1v) is 1.60. The Hall–Kier alpha value is -0.280. The Labute approximate surface area is 47.4 Å². The minimum absolute atomic E-state index is 0. The zero-order chi connectivity index (χ0) is 4.99. The lowest BCUT2D eigenvalue weighted by Gasteiger charge is -1.79. The van der Waals surface area contributed by atoms with Crippen LogP contribution in [0.3, 0.4) is 0 Å². The van der Waals surface area contributed by atoms with Crippen LogP contribution >= 0.6 is 12.4 Å². The third-order valence-electron chi connectivity index (χ3n) is 0.326. The molecule has 0 aliphatic carbocycles. The Kier molecular flexibility index (Phi) is 8.06. The summed E-state index contributed by atoms with van der Waals surface area (Å²) < 4.78 is 0. The SMILES string of the molecule is Cl.O=C(O)CCO. The van der Waals surface area contributed by atoms with Crippen molar-refractivity contribution in [2.45, 2.75) is 6.42 Å². The number of carboxylic acid groups (broad SMARTS) is 1. The molecule has 0 spiro atoms. The molecule has 0 aromatic rings. The second-order valence-corrected chi connectivity index (χ2v) is 0.867. The van der Waals surface area contributed by atoms with Gasteiger partial charge in [0.05, 0.1) is 13.0 Å². The Morgan fingerprint density at radius 2 is 2.00 bits per heavy atom. The summed E-state index contributed by atoms with van der Waals surface area (Å²) in [6, 6.07) is 0. The van der Waals surface area contributed by atoms with Gasteiger partial charge < -0.3 is 10.2 Å². The first-order valence-electron chi connectivity index (χ1n) is 1.60. The molecule has 0 saturated carbocycles. The van der Waals surface area contributed by atoms with Crippen molar-refractivity contribution in [2.24, 2.45) is 0 Å². The molecule has 0 amide bonds. The average molecular weight is 127 g/mol. The Balaban J connectivity index is 0. The van der Waals surface area contributed by atoms with Crippen LogP contribution in [0.4, 0.5) is 0 Å².